The molecule has 40 heavy (non-hydrogen) atoms. The molecule has 0 unspecified atom stereocenters. The van der Waals surface area contributed by atoms with Gasteiger partial charge in [0.15, 0.2) is 11.5 Å². The first-order chi connectivity index (χ1) is 19.5. The van der Waals surface area contributed by atoms with Crippen LogP contribution in [0.15, 0.2) is 60.8 Å². The number of aromatic nitrogens is 4. The molecule has 0 aliphatic carbocycles. The second-order valence-electron chi connectivity index (χ2n) is 10.7. The maximum atomic E-state index is 12.1. The predicted molar refractivity (Wildman–Crippen MR) is 156 cm³/mol. The lowest BCUT2D eigenvalue weighted by molar-refractivity contribution is 0.122. The van der Waals surface area contributed by atoms with E-state index in [0.717, 1.165) is 73.7 Å². The monoisotopic (exact) mass is 540 g/mol. The summed E-state index contributed by atoms with van der Waals surface area (Å²) in [6.45, 7) is 5.94. The second kappa shape index (κ2) is 11.6. The summed E-state index contributed by atoms with van der Waals surface area (Å²) < 4.78 is 7.74. The standard InChI is InChI=1S/C30H36N8O2/c1-35(2)30(39)32-24-10-8-23(9-11-24)27-33-28(37-16-18-40-19-17-37)26-20-31-38(29(26)34-27)25-12-14-36(15-13-25)21-22-6-4-3-5-7-22/h3-11,20,25H,12-19,21H2,1-2H3,(H,32,39). The number of likely N-dealkylation sites (tertiary alicyclic amines) is 1. The Morgan fingerprint density at radius 1 is 0.975 bits per heavy atom. The lowest BCUT2D eigenvalue weighted by Crippen LogP contribution is -2.37. The normalized spacial score (nSPS) is 16.8. The van der Waals surface area contributed by atoms with E-state index in [2.05, 4.69) is 50.1 Å². The van der Waals surface area contributed by atoms with E-state index in [0.29, 0.717) is 19.0 Å². The zero-order chi connectivity index (χ0) is 27.5. The Hall–Kier alpha value is -4.02. The van der Waals surface area contributed by atoms with Crippen molar-refractivity contribution in [2.24, 2.45) is 0 Å². The van der Waals surface area contributed by atoms with Gasteiger partial charge in [-0.15, -0.1) is 0 Å². The Morgan fingerprint density at radius 3 is 2.40 bits per heavy atom. The first kappa shape index (κ1) is 26.2. The maximum absolute atomic E-state index is 12.1. The van der Waals surface area contributed by atoms with Crippen LogP contribution in [0.1, 0.15) is 24.4 Å². The predicted octanol–water partition coefficient (Wildman–Crippen LogP) is 4.26. The molecule has 2 saturated heterocycles. The summed E-state index contributed by atoms with van der Waals surface area (Å²) >= 11 is 0. The first-order valence-electron chi connectivity index (χ1n) is 14.0. The van der Waals surface area contributed by atoms with Crippen molar-refractivity contribution in [3.8, 4) is 11.4 Å². The van der Waals surface area contributed by atoms with Crippen LogP contribution in [0.5, 0.6) is 0 Å². The van der Waals surface area contributed by atoms with E-state index < -0.39 is 0 Å². The van der Waals surface area contributed by atoms with Crippen LogP contribution in [-0.4, -0.2) is 89.1 Å². The van der Waals surface area contributed by atoms with Gasteiger partial charge in [0.25, 0.3) is 0 Å². The van der Waals surface area contributed by atoms with E-state index >= 15 is 0 Å². The van der Waals surface area contributed by atoms with Gasteiger partial charge in [-0.05, 0) is 42.7 Å². The topological polar surface area (TPSA) is 91.7 Å². The van der Waals surface area contributed by atoms with Crippen LogP contribution < -0.4 is 10.2 Å². The molecule has 2 aliphatic rings. The second-order valence-corrected chi connectivity index (χ2v) is 10.7. The molecule has 2 fully saturated rings. The lowest BCUT2D eigenvalue weighted by Gasteiger charge is -2.32. The highest BCUT2D eigenvalue weighted by molar-refractivity contribution is 5.90. The van der Waals surface area contributed by atoms with Gasteiger partial charge in [-0.2, -0.15) is 5.10 Å². The molecule has 2 aliphatic heterocycles. The minimum Gasteiger partial charge on any atom is -0.378 e. The summed E-state index contributed by atoms with van der Waals surface area (Å²) in [5, 5.41) is 8.73. The number of urea groups is 1. The van der Waals surface area contributed by atoms with Crippen molar-refractivity contribution in [1.29, 1.82) is 0 Å². The van der Waals surface area contributed by atoms with Crippen molar-refractivity contribution in [1.82, 2.24) is 29.5 Å². The molecule has 2 aromatic carbocycles. The molecule has 0 atom stereocenters. The molecule has 10 nitrogen and oxygen atoms in total. The van der Waals surface area contributed by atoms with Gasteiger partial charge >= 0.3 is 6.03 Å². The van der Waals surface area contributed by atoms with E-state index in [9.17, 15) is 4.79 Å². The number of fused-ring (bicyclic) bond motifs is 1. The SMILES string of the molecule is CN(C)C(=O)Nc1ccc(-c2nc(N3CCOCC3)c3cnn(C4CCN(Cc5ccccc5)CC4)c3n2)cc1. The first-order valence-corrected chi connectivity index (χ1v) is 14.0. The maximum Gasteiger partial charge on any atom is 0.321 e. The number of carbonyl (C=O) groups excluding carboxylic acids is 1. The smallest absolute Gasteiger partial charge is 0.321 e. The van der Waals surface area contributed by atoms with Crippen molar-refractivity contribution in [2.75, 3.05) is 63.7 Å². The van der Waals surface area contributed by atoms with Crippen LogP contribution in [0.25, 0.3) is 22.4 Å². The fourth-order valence-electron chi connectivity index (χ4n) is 5.42. The largest absolute Gasteiger partial charge is 0.378 e. The van der Waals surface area contributed by atoms with Crippen LogP contribution in [0.3, 0.4) is 0 Å². The zero-order valence-electron chi connectivity index (χ0n) is 23.2. The average Bonchev–Trinajstić information content (AvgIpc) is 3.42. The fraction of sp³-hybridized carbons (Fsp3) is 0.400. The number of piperidine rings is 1. The Morgan fingerprint density at radius 2 is 1.70 bits per heavy atom. The molecule has 1 N–H and O–H groups in total. The Kier molecular flexibility index (Phi) is 7.61. The van der Waals surface area contributed by atoms with Crippen molar-refractivity contribution >= 4 is 28.6 Å². The number of rotatable bonds is 6. The molecule has 0 radical (unpaired) electrons. The quantitative estimate of drug-likeness (QED) is 0.391. The molecule has 4 heterocycles. The van der Waals surface area contributed by atoms with E-state index in [4.69, 9.17) is 19.8 Å². The number of anilines is 2. The number of nitrogens with zero attached hydrogens (tertiary/aromatic N) is 7. The van der Waals surface area contributed by atoms with Crippen LogP contribution >= 0.6 is 0 Å². The van der Waals surface area contributed by atoms with Gasteiger partial charge in [0.05, 0.1) is 30.8 Å². The van der Waals surface area contributed by atoms with Gasteiger partial charge in [0.1, 0.15) is 5.82 Å². The van der Waals surface area contributed by atoms with Crippen molar-refractivity contribution in [3.63, 3.8) is 0 Å². The summed E-state index contributed by atoms with van der Waals surface area (Å²) in [5.41, 5.74) is 3.84. The van der Waals surface area contributed by atoms with E-state index in [-0.39, 0.29) is 12.1 Å². The Bertz CT molecular complexity index is 1440. The van der Waals surface area contributed by atoms with Gasteiger partial charge in [-0.1, -0.05) is 30.3 Å². The number of ether oxygens (including phenoxy) is 1. The third-order valence-electron chi connectivity index (χ3n) is 7.70. The third kappa shape index (κ3) is 5.64. The van der Waals surface area contributed by atoms with Gasteiger partial charge in [-0.3, -0.25) is 4.90 Å². The lowest BCUT2D eigenvalue weighted by atomic mass is 10.0. The minimum absolute atomic E-state index is 0.168. The van der Waals surface area contributed by atoms with E-state index in [1.807, 2.05) is 30.5 Å². The number of nitrogens with one attached hydrogen (secondary N) is 1. The molecule has 2 aromatic heterocycles. The Labute approximate surface area is 234 Å². The number of hydrogen-bond acceptors (Lipinski definition) is 7. The zero-order valence-corrected chi connectivity index (χ0v) is 23.2. The number of morpholine rings is 1. The van der Waals surface area contributed by atoms with Crippen molar-refractivity contribution in [2.45, 2.75) is 25.4 Å². The van der Waals surface area contributed by atoms with Gasteiger partial charge < -0.3 is 19.9 Å². The molecule has 4 aromatic rings. The fourth-order valence-corrected chi connectivity index (χ4v) is 5.42. The average molecular weight is 541 g/mol. The highest BCUT2D eigenvalue weighted by Gasteiger charge is 2.26. The molecule has 0 spiro atoms. The highest BCUT2D eigenvalue weighted by Crippen LogP contribution is 2.32. The summed E-state index contributed by atoms with van der Waals surface area (Å²) in [6.07, 6.45) is 3.98. The van der Waals surface area contributed by atoms with Crippen molar-refractivity contribution < 1.29 is 9.53 Å². The van der Waals surface area contributed by atoms with Gasteiger partial charge in [0, 0.05) is 58.1 Å². The summed E-state index contributed by atoms with van der Waals surface area (Å²) in [7, 11) is 3.44. The van der Waals surface area contributed by atoms with Crippen LogP contribution in [0.2, 0.25) is 0 Å². The Balaban J connectivity index is 1.28. The van der Waals surface area contributed by atoms with E-state index in [1.54, 1.807) is 14.1 Å². The molecule has 0 saturated carbocycles. The highest BCUT2D eigenvalue weighted by atomic mass is 16.5. The molecular weight excluding hydrogens is 504 g/mol. The number of hydrogen-bond donors (Lipinski definition) is 1. The summed E-state index contributed by atoms with van der Waals surface area (Å²) in [5.74, 6) is 1.56. The molecule has 10 heteroatoms. The van der Waals surface area contributed by atoms with E-state index in [1.165, 1.54) is 10.5 Å². The van der Waals surface area contributed by atoms with Crippen LogP contribution in [0, 0.1) is 0 Å². The van der Waals surface area contributed by atoms with Gasteiger partial charge in [-0.25, -0.2) is 19.4 Å². The molecule has 6 rings (SSSR count). The summed E-state index contributed by atoms with van der Waals surface area (Å²) in [4.78, 5) is 28.5. The molecule has 208 valence electrons. The van der Waals surface area contributed by atoms with Gasteiger partial charge in [0.2, 0.25) is 0 Å². The number of carbonyl (C=O) groups is 1. The van der Waals surface area contributed by atoms with Crippen LogP contribution in [0.4, 0.5) is 16.3 Å². The van der Waals surface area contributed by atoms with Crippen LogP contribution in [-0.2, 0) is 11.3 Å². The molecule has 0 bridgehead atoms. The number of benzene rings is 2. The molecule has 2 amide bonds. The minimum atomic E-state index is -0.168. The third-order valence-corrected chi connectivity index (χ3v) is 7.70. The summed E-state index contributed by atoms with van der Waals surface area (Å²) in [6, 6.07) is 18.5. The molecular formula is C30H36N8O2. The van der Waals surface area contributed by atoms with Crippen molar-refractivity contribution in [3.05, 3.63) is 66.4 Å². The number of amides is 2.